The molecule has 0 aromatic heterocycles. The number of aryl methyl sites for hydroxylation is 1. The summed E-state index contributed by atoms with van der Waals surface area (Å²) in [5.74, 6) is 0. The molecule has 235 valence electrons. The molecular weight excluding hydrogens is 547 g/mol. The Hall–Kier alpha value is -0.390. The van der Waals surface area contributed by atoms with Crippen molar-refractivity contribution in [3.63, 3.8) is 0 Å². The molecule has 3 nitrogen and oxygen atoms in total. The van der Waals surface area contributed by atoms with E-state index >= 15 is 0 Å². The van der Waals surface area contributed by atoms with E-state index in [1.807, 2.05) is 18.2 Å². The molecule has 0 atom stereocenters. The number of benzene rings is 2. The Balaban J connectivity index is 0.00000882. The normalized spacial score (nSPS) is 11.7. The fourth-order valence-corrected chi connectivity index (χ4v) is 7.50. The van der Waals surface area contributed by atoms with Gasteiger partial charge in [0.1, 0.15) is 4.90 Å². The molecule has 0 saturated heterocycles. The summed E-state index contributed by atoms with van der Waals surface area (Å²) in [7, 11) is -4.34. The van der Waals surface area contributed by atoms with Gasteiger partial charge in [-0.3, -0.25) is 4.55 Å². The van der Waals surface area contributed by atoms with Gasteiger partial charge in [0, 0.05) is 34.9 Å². The predicted molar refractivity (Wildman–Crippen MR) is 185 cm³/mol. The summed E-state index contributed by atoms with van der Waals surface area (Å²) in [6.45, 7) is 6.76. The second kappa shape index (κ2) is 23.9. The van der Waals surface area contributed by atoms with E-state index in [0.29, 0.717) is 5.39 Å². The van der Waals surface area contributed by atoms with E-state index in [-0.39, 0.29) is 34.5 Å². The third kappa shape index (κ3) is 14.6. The van der Waals surface area contributed by atoms with Gasteiger partial charge >= 0.3 is 0 Å². The molecule has 0 aliphatic carbocycles. The van der Waals surface area contributed by atoms with Crippen LogP contribution in [-0.4, -0.2) is 42.5 Å². The summed E-state index contributed by atoms with van der Waals surface area (Å²) in [6.07, 6.45) is 28.6. The fourth-order valence-electron chi connectivity index (χ4n) is 6.51. The standard InChI is InChI=1S/C37H62O3S.Na/c1-4-7-10-13-16-19-22-27-32-33(28-23-20-17-14-11-8-5-2)35(30-24-21-18-15-12-9-6-3)37(41(38,39)40)36-31-26-25-29-34(32)36;/h25-26,29,31H,4-24,27-28,30H2,1-3H3,(H,38,39,40);. The molecule has 1 radical (unpaired) electrons. The van der Waals surface area contributed by atoms with Crippen molar-refractivity contribution in [1.29, 1.82) is 0 Å². The SMILES string of the molecule is CCCCCCCCCc1c(CCCCCCCCC)c(S(=O)(=O)O)c2ccccc2c1CCCCCCCCC.[Na]. The zero-order valence-corrected chi connectivity index (χ0v) is 30.8. The number of hydrogen-bond acceptors (Lipinski definition) is 2. The number of unbranched alkanes of at least 4 members (excludes halogenated alkanes) is 18. The minimum atomic E-state index is -4.34. The van der Waals surface area contributed by atoms with E-state index in [0.717, 1.165) is 55.9 Å². The Morgan fingerprint density at radius 3 is 1.21 bits per heavy atom. The van der Waals surface area contributed by atoms with Crippen molar-refractivity contribution < 1.29 is 13.0 Å². The van der Waals surface area contributed by atoms with Gasteiger partial charge in [0.25, 0.3) is 10.1 Å². The first-order valence-corrected chi connectivity index (χ1v) is 18.9. The van der Waals surface area contributed by atoms with E-state index in [2.05, 4.69) is 26.8 Å². The van der Waals surface area contributed by atoms with Gasteiger partial charge in [0.15, 0.2) is 0 Å². The third-order valence-electron chi connectivity index (χ3n) is 8.85. The second-order valence-electron chi connectivity index (χ2n) is 12.4. The van der Waals surface area contributed by atoms with Crippen molar-refractivity contribution in [3.8, 4) is 0 Å². The first-order chi connectivity index (χ1) is 20.0. The maximum Gasteiger partial charge on any atom is 0.295 e. The van der Waals surface area contributed by atoms with Gasteiger partial charge in [0.05, 0.1) is 0 Å². The van der Waals surface area contributed by atoms with Crippen molar-refractivity contribution in [3.05, 3.63) is 41.0 Å². The van der Waals surface area contributed by atoms with Gasteiger partial charge in [-0.1, -0.05) is 161 Å². The Kier molecular flexibility index (Phi) is 22.6. The maximum absolute atomic E-state index is 13.0. The van der Waals surface area contributed by atoms with Crippen LogP contribution in [0.2, 0.25) is 0 Å². The average Bonchev–Trinajstić information content (AvgIpc) is 2.95. The van der Waals surface area contributed by atoms with E-state index in [9.17, 15) is 13.0 Å². The topological polar surface area (TPSA) is 54.4 Å². The molecule has 0 bridgehead atoms. The molecule has 0 heterocycles. The Labute approximate surface area is 282 Å². The summed E-state index contributed by atoms with van der Waals surface area (Å²) < 4.78 is 36.5. The molecule has 0 amide bonds. The van der Waals surface area contributed by atoms with Gasteiger partial charge in [0.2, 0.25) is 0 Å². The average molecular weight is 610 g/mol. The molecule has 0 spiro atoms. The van der Waals surface area contributed by atoms with Crippen LogP contribution < -0.4 is 0 Å². The number of fused-ring (bicyclic) bond motifs is 1. The first-order valence-electron chi connectivity index (χ1n) is 17.5. The van der Waals surface area contributed by atoms with Crippen LogP contribution in [0.25, 0.3) is 10.8 Å². The van der Waals surface area contributed by atoms with Crippen LogP contribution in [0.1, 0.15) is 172 Å². The maximum atomic E-state index is 13.0. The zero-order valence-electron chi connectivity index (χ0n) is 28.0. The summed E-state index contributed by atoms with van der Waals surface area (Å²) in [5, 5.41) is 1.75. The van der Waals surface area contributed by atoms with Gasteiger partial charge in [-0.2, -0.15) is 8.42 Å². The second-order valence-corrected chi connectivity index (χ2v) is 13.8. The molecule has 2 aromatic carbocycles. The summed E-state index contributed by atoms with van der Waals surface area (Å²) >= 11 is 0. The minimum absolute atomic E-state index is 0. The van der Waals surface area contributed by atoms with Crippen molar-refractivity contribution in [2.45, 2.75) is 180 Å². The molecule has 2 rings (SSSR count). The molecule has 1 N–H and O–H groups in total. The van der Waals surface area contributed by atoms with Crippen molar-refractivity contribution in [2.24, 2.45) is 0 Å². The summed E-state index contributed by atoms with van der Waals surface area (Å²) in [4.78, 5) is 0.195. The van der Waals surface area contributed by atoms with E-state index in [1.165, 1.54) is 120 Å². The smallest absolute Gasteiger partial charge is 0.282 e. The molecule has 0 unspecified atom stereocenters. The van der Waals surface area contributed by atoms with Gasteiger partial charge in [-0.15, -0.1) is 0 Å². The monoisotopic (exact) mass is 609 g/mol. The van der Waals surface area contributed by atoms with Crippen molar-refractivity contribution in [2.75, 3.05) is 0 Å². The van der Waals surface area contributed by atoms with Gasteiger partial charge in [-0.25, -0.2) is 0 Å². The van der Waals surface area contributed by atoms with Crippen molar-refractivity contribution >= 4 is 50.4 Å². The van der Waals surface area contributed by atoms with Crippen LogP contribution in [0.5, 0.6) is 0 Å². The van der Waals surface area contributed by atoms with Crippen LogP contribution in [0, 0.1) is 0 Å². The fraction of sp³-hybridized carbons (Fsp3) is 0.730. The van der Waals surface area contributed by atoms with Crippen molar-refractivity contribution in [1.82, 2.24) is 0 Å². The molecule has 0 aliphatic heterocycles. The molecule has 0 saturated carbocycles. The molecule has 0 fully saturated rings. The molecule has 42 heavy (non-hydrogen) atoms. The van der Waals surface area contributed by atoms with Crippen LogP contribution in [0.15, 0.2) is 29.2 Å². The Bertz CT molecular complexity index is 1080. The first kappa shape index (κ1) is 39.6. The largest absolute Gasteiger partial charge is 0.295 e. The number of rotatable bonds is 25. The van der Waals surface area contributed by atoms with Gasteiger partial charge in [-0.05, 0) is 60.6 Å². The summed E-state index contributed by atoms with van der Waals surface area (Å²) in [5.41, 5.74) is 3.51. The summed E-state index contributed by atoms with van der Waals surface area (Å²) in [6, 6.07) is 7.95. The number of hydrogen-bond donors (Lipinski definition) is 1. The quantitative estimate of drug-likeness (QED) is 0.0692. The van der Waals surface area contributed by atoms with Gasteiger partial charge < -0.3 is 0 Å². The van der Waals surface area contributed by atoms with Crippen LogP contribution in [-0.2, 0) is 29.4 Å². The molecule has 2 aromatic rings. The Morgan fingerprint density at radius 1 is 0.476 bits per heavy atom. The molecular formula is C37H62NaO3S. The Morgan fingerprint density at radius 2 is 0.810 bits per heavy atom. The minimum Gasteiger partial charge on any atom is -0.282 e. The molecule has 5 heteroatoms. The van der Waals surface area contributed by atoms with Crippen LogP contribution in [0.3, 0.4) is 0 Å². The predicted octanol–water partition coefficient (Wildman–Crippen LogP) is 11.6. The van der Waals surface area contributed by atoms with E-state index < -0.39 is 10.1 Å². The van der Waals surface area contributed by atoms with E-state index in [4.69, 9.17) is 0 Å². The van der Waals surface area contributed by atoms with E-state index in [1.54, 1.807) is 0 Å². The molecule has 0 aliphatic rings. The zero-order chi connectivity index (χ0) is 29.8. The van der Waals surface area contributed by atoms with Crippen LogP contribution >= 0.6 is 0 Å². The third-order valence-corrected chi connectivity index (χ3v) is 9.83. The van der Waals surface area contributed by atoms with Crippen LogP contribution in [0.4, 0.5) is 0 Å².